The van der Waals surface area contributed by atoms with Crippen molar-refractivity contribution in [3.8, 4) is 22.5 Å². The van der Waals surface area contributed by atoms with Gasteiger partial charge in [0.15, 0.2) is 5.13 Å². The molecule has 4 aromatic rings. The van der Waals surface area contributed by atoms with Crippen LogP contribution in [0.25, 0.3) is 22.5 Å². The summed E-state index contributed by atoms with van der Waals surface area (Å²) < 4.78 is 1.45. The minimum absolute atomic E-state index is 0.0944. The number of nitrogens with one attached hydrogen (secondary N) is 1. The number of hydrogen-bond donors (Lipinski definition) is 2. The van der Waals surface area contributed by atoms with Crippen LogP contribution in [-0.4, -0.2) is 24.7 Å². The molecule has 0 atom stereocenters. The molecule has 0 saturated carbocycles. The molecule has 0 unspecified atom stereocenters. The van der Waals surface area contributed by atoms with Crippen molar-refractivity contribution >= 4 is 28.2 Å². The van der Waals surface area contributed by atoms with Crippen LogP contribution in [0.3, 0.4) is 0 Å². The number of hydrogen-bond acceptors (Lipinski definition) is 8. The van der Waals surface area contributed by atoms with E-state index in [4.69, 9.17) is 5.73 Å². The Hall–Kier alpha value is -3.59. The summed E-state index contributed by atoms with van der Waals surface area (Å²) in [5.41, 5.74) is 9.58. The van der Waals surface area contributed by atoms with Gasteiger partial charge in [-0.1, -0.05) is 30.3 Å². The largest absolute Gasteiger partial charge is 0.368 e. The summed E-state index contributed by atoms with van der Waals surface area (Å²) in [7, 11) is 0. The number of anilines is 3. The number of thiazole rings is 1. The molecule has 1 aromatic carbocycles. The third-order valence-corrected chi connectivity index (χ3v) is 5.79. The van der Waals surface area contributed by atoms with Gasteiger partial charge in [-0.2, -0.15) is 10.1 Å². The van der Waals surface area contributed by atoms with Crippen LogP contribution in [-0.2, 0) is 0 Å². The maximum atomic E-state index is 12.3. The third kappa shape index (κ3) is 4.17. The highest BCUT2D eigenvalue weighted by atomic mass is 32.1. The Morgan fingerprint density at radius 3 is 2.42 bits per heavy atom. The lowest BCUT2D eigenvalue weighted by molar-refractivity contribution is 0.505. The van der Waals surface area contributed by atoms with E-state index in [9.17, 15) is 4.79 Å². The van der Waals surface area contributed by atoms with Crippen LogP contribution in [0.4, 0.5) is 16.9 Å². The first-order valence-corrected chi connectivity index (χ1v) is 10.7. The van der Waals surface area contributed by atoms with Gasteiger partial charge in [-0.15, -0.1) is 11.3 Å². The van der Waals surface area contributed by atoms with Gasteiger partial charge in [-0.3, -0.25) is 4.79 Å². The lowest BCUT2D eigenvalue weighted by atomic mass is 10.0. The molecule has 4 rings (SSSR count). The van der Waals surface area contributed by atoms with Gasteiger partial charge in [-0.05, 0) is 33.8 Å². The molecule has 3 heterocycles. The summed E-state index contributed by atoms with van der Waals surface area (Å²) in [4.78, 5) is 27.0. The average Bonchev–Trinajstić information content (AvgIpc) is 3.05. The highest BCUT2D eigenvalue weighted by molar-refractivity contribution is 7.15. The monoisotopic (exact) mass is 433 g/mol. The molecule has 0 aliphatic heterocycles. The van der Waals surface area contributed by atoms with Gasteiger partial charge in [0.2, 0.25) is 5.95 Å². The van der Waals surface area contributed by atoms with Crippen LogP contribution in [0.15, 0.2) is 47.3 Å². The van der Waals surface area contributed by atoms with E-state index >= 15 is 0 Å². The van der Waals surface area contributed by atoms with Crippen LogP contribution in [0.2, 0.25) is 0 Å². The van der Waals surface area contributed by atoms with E-state index in [1.807, 2.05) is 58.0 Å². The second kappa shape index (κ2) is 8.27. The summed E-state index contributed by atoms with van der Waals surface area (Å²) in [6.45, 7) is 7.80. The first-order valence-electron chi connectivity index (χ1n) is 9.87. The van der Waals surface area contributed by atoms with E-state index in [2.05, 4.69) is 25.4 Å². The molecule has 0 spiro atoms. The van der Waals surface area contributed by atoms with Gasteiger partial charge in [0, 0.05) is 16.5 Å². The molecule has 158 valence electrons. The number of rotatable bonds is 5. The predicted octanol–water partition coefficient (Wildman–Crippen LogP) is 4.35. The highest BCUT2D eigenvalue weighted by Crippen LogP contribution is 2.37. The molecule has 0 saturated heterocycles. The molecular formula is C22H23N7OS. The number of aryl methyl sites for hydroxylation is 2. The Labute approximate surface area is 183 Å². The summed E-state index contributed by atoms with van der Waals surface area (Å²) in [5, 5.41) is 8.60. The average molecular weight is 434 g/mol. The predicted molar refractivity (Wildman–Crippen MR) is 125 cm³/mol. The summed E-state index contributed by atoms with van der Waals surface area (Å²) in [5.74, 6) is 0.619. The minimum Gasteiger partial charge on any atom is -0.368 e. The van der Waals surface area contributed by atoms with E-state index in [1.54, 1.807) is 6.07 Å². The maximum Gasteiger partial charge on any atom is 0.267 e. The van der Waals surface area contributed by atoms with Crippen LogP contribution in [0.5, 0.6) is 0 Å². The van der Waals surface area contributed by atoms with E-state index < -0.39 is 0 Å². The fraction of sp³-hybridized carbons (Fsp3) is 0.227. The minimum atomic E-state index is -0.169. The van der Waals surface area contributed by atoms with Crippen molar-refractivity contribution in [3.63, 3.8) is 0 Å². The summed E-state index contributed by atoms with van der Waals surface area (Å²) in [6.07, 6.45) is 0. The van der Waals surface area contributed by atoms with Crippen molar-refractivity contribution in [2.24, 2.45) is 0 Å². The zero-order valence-electron chi connectivity index (χ0n) is 17.7. The van der Waals surface area contributed by atoms with Crippen LogP contribution in [0, 0.1) is 13.8 Å². The summed E-state index contributed by atoms with van der Waals surface area (Å²) in [6, 6.07) is 12.8. The van der Waals surface area contributed by atoms with Crippen LogP contribution in [0.1, 0.15) is 30.5 Å². The topological polar surface area (TPSA) is 112 Å². The highest BCUT2D eigenvalue weighted by Gasteiger charge is 2.21. The SMILES string of the molecule is Cc1nc(Nc2nc(N)nc(-c3ccccc3)c2-c2ccc(=O)n(C(C)C)n2)sc1C. The van der Waals surface area contributed by atoms with Gasteiger partial charge in [-0.25, -0.2) is 14.6 Å². The fourth-order valence-electron chi connectivity index (χ4n) is 3.17. The second-order valence-electron chi connectivity index (χ2n) is 7.40. The van der Waals surface area contributed by atoms with Gasteiger partial charge in [0.05, 0.1) is 28.7 Å². The van der Waals surface area contributed by atoms with Gasteiger partial charge in [0.25, 0.3) is 5.56 Å². The molecule has 0 aliphatic carbocycles. The van der Waals surface area contributed by atoms with Crippen molar-refractivity contribution in [2.45, 2.75) is 33.7 Å². The molecule has 9 heteroatoms. The molecule has 31 heavy (non-hydrogen) atoms. The quantitative estimate of drug-likeness (QED) is 0.481. The van der Waals surface area contributed by atoms with Crippen molar-refractivity contribution in [1.29, 1.82) is 0 Å². The Bertz CT molecular complexity index is 1280. The van der Waals surface area contributed by atoms with Crippen molar-refractivity contribution in [2.75, 3.05) is 11.1 Å². The van der Waals surface area contributed by atoms with Gasteiger partial charge >= 0.3 is 0 Å². The fourth-order valence-corrected chi connectivity index (χ4v) is 3.99. The molecule has 0 amide bonds. The van der Waals surface area contributed by atoms with Crippen LogP contribution >= 0.6 is 11.3 Å². The number of nitrogen functional groups attached to an aromatic ring is 1. The third-order valence-electron chi connectivity index (χ3n) is 4.80. The lowest BCUT2D eigenvalue weighted by Crippen LogP contribution is -2.24. The Morgan fingerprint density at radius 1 is 1.03 bits per heavy atom. The molecule has 0 radical (unpaired) electrons. The Kier molecular flexibility index (Phi) is 5.51. The lowest BCUT2D eigenvalue weighted by Gasteiger charge is -2.16. The molecule has 0 fully saturated rings. The van der Waals surface area contributed by atoms with Crippen molar-refractivity contribution in [1.82, 2.24) is 24.7 Å². The standard InChI is InChI=1S/C22H23N7OS/c1-12(2)29-17(30)11-10-16(28-29)18-19(15-8-6-5-7-9-15)25-21(23)26-20(18)27-22-24-13(3)14(4)31-22/h5-12H,1-4H3,(H3,23,24,25,26,27). The van der Waals surface area contributed by atoms with E-state index in [-0.39, 0.29) is 17.5 Å². The van der Waals surface area contributed by atoms with E-state index in [1.165, 1.54) is 22.1 Å². The number of benzene rings is 1. The first kappa shape index (κ1) is 20.7. The number of aromatic nitrogens is 5. The second-order valence-corrected chi connectivity index (χ2v) is 8.60. The molecule has 0 bridgehead atoms. The molecular weight excluding hydrogens is 410 g/mol. The normalized spacial score (nSPS) is 11.1. The molecule has 3 N–H and O–H groups in total. The number of nitrogens with two attached hydrogens (primary N) is 1. The Balaban J connectivity index is 1.98. The van der Waals surface area contributed by atoms with Crippen molar-refractivity contribution in [3.05, 3.63) is 63.4 Å². The maximum absolute atomic E-state index is 12.3. The van der Waals surface area contributed by atoms with E-state index in [0.717, 1.165) is 16.1 Å². The van der Waals surface area contributed by atoms with Gasteiger partial charge in [0.1, 0.15) is 5.82 Å². The zero-order valence-corrected chi connectivity index (χ0v) is 18.6. The first-order chi connectivity index (χ1) is 14.8. The van der Waals surface area contributed by atoms with Crippen LogP contribution < -0.4 is 16.6 Å². The van der Waals surface area contributed by atoms with Gasteiger partial charge < -0.3 is 11.1 Å². The number of nitrogens with zero attached hydrogens (tertiary/aromatic N) is 5. The molecule has 0 aliphatic rings. The van der Waals surface area contributed by atoms with E-state index in [0.29, 0.717) is 27.9 Å². The smallest absolute Gasteiger partial charge is 0.267 e. The van der Waals surface area contributed by atoms with Crippen molar-refractivity contribution < 1.29 is 0 Å². The summed E-state index contributed by atoms with van der Waals surface area (Å²) >= 11 is 1.53. The Morgan fingerprint density at radius 2 is 1.77 bits per heavy atom. The zero-order chi connectivity index (χ0) is 22.1. The molecule has 8 nitrogen and oxygen atoms in total. The molecule has 3 aromatic heterocycles.